The van der Waals surface area contributed by atoms with E-state index in [1.54, 1.807) is 0 Å². The van der Waals surface area contributed by atoms with Gasteiger partial charge in [0, 0.05) is 13.2 Å². The number of rotatable bonds is 3. The van der Waals surface area contributed by atoms with Gasteiger partial charge in [0.05, 0.1) is 0 Å². The van der Waals surface area contributed by atoms with E-state index in [0.717, 1.165) is 12.8 Å². The van der Waals surface area contributed by atoms with E-state index < -0.39 is 0 Å². The summed E-state index contributed by atoms with van der Waals surface area (Å²) >= 11 is 0. The van der Waals surface area contributed by atoms with E-state index in [4.69, 9.17) is 10.2 Å². The summed E-state index contributed by atoms with van der Waals surface area (Å²) in [5, 5.41) is 16.2. The molecule has 0 saturated heterocycles. The molecule has 0 radical (unpaired) electrons. The minimum absolute atomic E-state index is 0. The van der Waals surface area contributed by atoms with Crippen LogP contribution in [-0.2, 0) is 0 Å². The highest BCUT2D eigenvalue weighted by Crippen LogP contribution is 1.80. The first-order chi connectivity index (χ1) is 2.91. The van der Waals surface area contributed by atoms with Crippen LogP contribution < -0.4 is 0 Å². The third kappa shape index (κ3) is 10.7. The Labute approximate surface area is 42.9 Å². The number of aliphatic hydroxyl groups is 2. The molecule has 0 fully saturated rings. The molecular weight excluding hydrogens is 96.0 g/mol. The summed E-state index contributed by atoms with van der Waals surface area (Å²) in [4.78, 5) is 0. The van der Waals surface area contributed by atoms with E-state index in [-0.39, 0.29) is 18.7 Å². The molecule has 0 aliphatic carbocycles. The van der Waals surface area contributed by atoms with Crippen LogP contribution in [0.2, 0.25) is 0 Å². The molecule has 0 atom stereocenters. The van der Waals surface area contributed by atoms with Crippen LogP contribution >= 0.6 is 0 Å². The van der Waals surface area contributed by atoms with Crippen LogP contribution in [0.1, 0.15) is 12.8 Å². The first kappa shape index (κ1) is 9.99. The maximum Gasteiger partial charge on any atom is 0.0431 e. The molecule has 0 saturated carbocycles. The molecule has 3 heteroatoms. The average Bonchev–Trinajstić information content (AvgIpc) is 1.61. The fraction of sp³-hybridized carbons (Fsp3) is 1.00. The maximum atomic E-state index is 8.09. The molecule has 0 spiro atoms. The lowest BCUT2D eigenvalue weighted by Crippen LogP contribution is -1.85. The van der Waals surface area contributed by atoms with Gasteiger partial charge in [-0.15, -0.1) is 0 Å². The molecule has 0 aromatic heterocycles. The summed E-state index contributed by atoms with van der Waals surface area (Å²) in [5.74, 6) is 0. The standard InChI is InChI=1S/C4H10O2.H2O/c5-3-1-2-4-6;/h5-6H,1-4H2;1H2. The average molecular weight is 108 g/mol. The zero-order valence-electron chi connectivity index (χ0n) is 4.22. The summed E-state index contributed by atoms with van der Waals surface area (Å²) in [5.41, 5.74) is 0. The van der Waals surface area contributed by atoms with E-state index in [0.29, 0.717) is 0 Å². The summed E-state index contributed by atoms with van der Waals surface area (Å²) in [6.07, 6.45) is 1.44. The van der Waals surface area contributed by atoms with E-state index in [2.05, 4.69) is 0 Å². The van der Waals surface area contributed by atoms with Crippen molar-refractivity contribution in [2.75, 3.05) is 13.2 Å². The van der Waals surface area contributed by atoms with Gasteiger partial charge in [0.1, 0.15) is 0 Å². The monoisotopic (exact) mass is 108 g/mol. The number of hydrogen-bond donors (Lipinski definition) is 2. The van der Waals surface area contributed by atoms with Crippen molar-refractivity contribution in [2.24, 2.45) is 0 Å². The molecule has 0 heterocycles. The minimum atomic E-state index is 0. The second-order valence-corrected chi connectivity index (χ2v) is 1.15. The molecule has 0 bridgehead atoms. The van der Waals surface area contributed by atoms with Gasteiger partial charge in [-0.1, -0.05) is 0 Å². The Hall–Kier alpha value is -0.120. The van der Waals surface area contributed by atoms with E-state index in [1.807, 2.05) is 0 Å². The summed E-state index contributed by atoms with van der Waals surface area (Å²) in [6.45, 7) is 0.390. The number of unbranched alkanes of at least 4 members (excludes halogenated alkanes) is 1. The predicted octanol–water partition coefficient (Wildman–Crippen LogP) is -1.07. The van der Waals surface area contributed by atoms with E-state index >= 15 is 0 Å². The van der Waals surface area contributed by atoms with Crippen LogP contribution in [0.3, 0.4) is 0 Å². The Balaban J connectivity index is 0. The molecule has 0 aromatic carbocycles. The van der Waals surface area contributed by atoms with Crippen molar-refractivity contribution < 1.29 is 15.7 Å². The summed E-state index contributed by atoms with van der Waals surface area (Å²) in [6, 6.07) is 0. The molecule has 0 rings (SSSR count). The highest BCUT2D eigenvalue weighted by molar-refractivity contribution is 4.30. The second-order valence-electron chi connectivity index (χ2n) is 1.15. The van der Waals surface area contributed by atoms with Gasteiger partial charge in [-0.2, -0.15) is 0 Å². The van der Waals surface area contributed by atoms with Gasteiger partial charge >= 0.3 is 0 Å². The van der Waals surface area contributed by atoms with Crippen molar-refractivity contribution >= 4 is 0 Å². The molecule has 0 aliphatic rings. The first-order valence-corrected chi connectivity index (χ1v) is 2.13. The van der Waals surface area contributed by atoms with Gasteiger partial charge in [0.15, 0.2) is 0 Å². The predicted molar refractivity (Wildman–Crippen MR) is 27.0 cm³/mol. The van der Waals surface area contributed by atoms with Crippen LogP contribution in [0.5, 0.6) is 0 Å². The smallest absolute Gasteiger partial charge is 0.0431 e. The molecular formula is C4H12O3. The Morgan fingerprint density at radius 1 is 0.857 bits per heavy atom. The fourth-order valence-electron chi connectivity index (χ4n) is 0.224. The van der Waals surface area contributed by atoms with Gasteiger partial charge in [-0.3, -0.25) is 0 Å². The molecule has 0 aliphatic heterocycles. The Morgan fingerprint density at radius 3 is 1.29 bits per heavy atom. The van der Waals surface area contributed by atoms with E-state index in [9.17, 15) is 0 Å². The first-order valence-electron chi connectivity index (χ1n) is 2.13. The largest absolute Gasteiger partial charge is 0.412 e. The van der Waals surface area contributed by atoms with Crippen molar-refractivity contribution in [3.63, 3.8) is 0 Å². The van der Waals surface area contributed by atoms with Crippen molar-refractivity contribution in [1.82, 2.24) is 0 Å². The second kappa shape index (κ2) is 9.30. The minimum Gasteiger partial charge on any atom is -0.412 e. The van der Waals surface area contributed by atoms with Crippen LogP contribution in [0, 0.1) is 0 Å². The number of aliphatic hydroxyl groups excluding tert-OH is 2. The zero-order chi connectivity index (χ0) is 4.83. The number of hydrogen-bond acceptors (Lipinski definition) is 2. The molecule has 0 aromatic rings. The van der Waals surface area contributed by atoms with Gasteiger partial charge in [-0.25, -0.2) is 0 Å². The van der Waals surface area contributed by atoms with Crippen molar-refractivity contribution in [1.29, 1.82) is 0 Å². The van der Waals surface area contributed by atoms with Crippen molar-refractivity contribution in [3.05, 3.63) is 0 Å². The molecule has 4 N–H and O–H groups in total. The normalized spacial score (nSPS) is 7.71. The lowest BCUT2D eigenvalue weighted by Gasteiger charge is -1.85. The van der Waals surface area contributed by atoms with Crippen LogP contribution in [0.4, 0.5) is 0 Å². The van der Waals surface area contributed by atoms with Gasteiger partial charge in [0.2, 0.25) is 0 Å². The Bertz CT molecular complexity index is 18.9. The highest BCUT2D eigenvalue weighted by Gasteiger charge is 1.77. The van der Waals surface area contributed by atoms with Crippen molar-refractivity contribution in [3.8, 4) is 0 Å². The van der Waals surface area contributed by atoms with E-state index in [1.165, 1.54) is 0 Å². The Morgan fingerprint density at radius 2 is 1.14 bits per heavy atom. The fourth-order valence-corrected chi connectivity index (χ4v) is 0.224. The molecule has 46 valence electrons. The summed E-state index contributed by atoms with van der Waals surface area (Å²) < 4.78 is 0. The zero-order valence-corrected chi connectivity index (χ0v) is 4.22. The molecule has 0 unspecified atom stereocenters. The SMILES string of the molecule is O.OCCCCO. The van der Waals surface area contributed by atoms with Crippen LogP contribution in [0.25, 0.3) is 0 Å². The maximum absolute atomic E-state index is 8.09. The molecule has 3 nitrogen and oxygen atoms in total. The van der Waals surface area contributed by atoms with Crippen LogP contribution in [-0.4, -0.2) is 28.9 Å². The van der Waals surface area contributed by atoms with Gasteiger partial charge < -0.3 is 15.7 Å². The lowest BCUT2D eigenvalue weighted by atomic mass is 10.3. The van der Waals surface area contributed by atoms with Gasteiger partial charge in [-0.05, 0) is 12.8 Å². The third-order valence-corrected chi connectivity index (χ3v) is 0.566. The van der Waals surface area contributed by atoms with Crippen LogP contribution in [0.15, 0.2) is 0 Å². The quantitative estimate of drug-likeness (QED) is 0.452. The third-order valence-electron chi connectivity index (χ3n) is 0.566. The highest BCUT2D eigenvalue weighted by atomic mass is 16.3. The topological polar surface area (TPSA) is 72.0 Å². The molecule has 7 heavy (non-hydrogen) atoms. The van der Waals surface area contributed by atoms with Crippen molar-refractivity contribution in [2.45, 2.75) is 12.8 Å². The van der Waals surface area contributed by atoms with Gasteiger partial charge in [0.25, 0.3) is 0 Å². The summed E-state index contributed by atoms with van der Waals surface area (Å²) in [7, 11) is 0. The molecule has 0 amide bonds. The Kier molecular flexibility index (Phi) is 13.3. The lowest BCUT2D eigenvalue weighted by molar-refractivity contribution is 0.242.